The number of nitrogens with zero attached hydrogens (tertiary/aromatic N) is 3. The number of aryl methyl sites for hydroxylation is 1. The molecule has 0 unspecified atom stereocenters. The molecule has 2 fully saturated rings. The lowest BCUT2D eigenvalue weighted by atomic mass is 9.84. The highest BCUT2D eigenvalue weighted by molar-refractivity contribution is 6.07. The lowest BCUT2D eigenvalue weighted by molar-refractivity contribution is -0.137. The number of para-hydroxylation sites is 1. The number of nitrogens with one attached hydrogen (secondary N) is 1. The summed E-state index contributed by atoms with van der Waals surface area (Å²) in [6, 6.07) is 17.1. The van der Waals surface area contributed by atoms with Crippen LogP contribution in [-0.2, 0) is 24.1 Å². The molecule has 1 N–H and O–H groups in total. The predicted molar refractivity (Wildman–Crippen MR) is 142 cm³/mol. The Labute approximate surface area is 213 Å². The fourth-order valence-corrected chi connectivity index (χ4v) is 6.92. The van der Waals surface area contributed by atoms with Crippen molar-refractivity contribution in [3.63, 3.8) is 0 Å². The van der Waals surface area contributed by atoms with Gasteiger partial charge in [-0.3, -0.25) is 9.69 Å². The molecule has 1 aliphatic carbocycles. The monoisotopic (exact) mass is 484 g/mol. The number of amides is 3. The Morgan fingerprint density at radius 3 is 2.36 bits per heavy atom. The molecule has 2 aromatic carbocycles. The number of aromatic amines is 1. The van der Waals surface area contributed by atoms with Crippen molar-refractivity contribution in [3.05, 3.63) is 71.4 Å². The molecule has 3 aromatic rings. The fourth-order valence-electron chi connectivity index (χ4n) is 6.92. The van der Waals surface area contributed by atoms with Gasteiger partial charge in [0.2, 0.25) is 0 Å². The van der Waals surface area contributed by atoms with Crippen LogP contribution in [0.1, 0.15) is 49.8 Å². The average molecular weight is 485 g/mol. The van der Waals surface area contributed by atoms with Crippen LogP contribution in [0.3, 0.4) is 0 Å². The Kier molecular flexibility index (Phi) is 5.87. The minimum absolute atomic E-state index is 0.0400. The van der Waals surface area contributed by atoms with E-state index in [0.29, 0.717) is 12.6 Å². The lowest BCUT2D eigenvalue weighted by Crippen LogP contribution is -2.57. The highest BCUT2D eigenvalue weighted by Gasteiger charge is 2.59. The molecule has 1 atom stereocenters. The van der Waals surface area contributed by atoms with Crippen molar-refractivity contribution in [2.75, 3.05) is 19.6 Å². The van der Waals surface area contributed by atoms with E-state index in [1.807, 2.05) is 24.0 Å². The Hall–Kier alpha value is -3.12. The van der Waals surface area contributed by atoms with Crippen LogP contribution in [0, 0.1) is 0 Å². The summed E-state index contributed by atoms with van der Waals surface area (Å²) in [6.45, 7) is 6.59. The first-order valence-electron chi connectivity index (χ1n) is 13.5. The molecule has 0 saturated carbocycles. The third kappa shape index (κ3) is 3.65. The summed E-state index contributed by atoms with van der Waals surface area (Å²) >= 11 is 0. The molecule has 2 aliphatic heterocycles. The van der Waals surface area contributed by atoms with E-state index in [2.05, 4.69) is 59.4 Å². The molecule has 2 saturated heterocycles. The van der Waals surface area contributed by atoms with Gasteiger partial charge < -0.3 is 14.8 Å². The second-order valence-corrected chi connectivity index (χ2v) is 10.8. The van der Waals surface area contributed by atoms with E-state index in [4.69, 9.17) is 0 Å². The maximum absolute atomic E-state index is 13.9. The number of likely N-dealkylation sites (tertiary alicyclic amines) is 1. The number of aromatic nitrogens is 1. The number of rotatable bonds is 6. The van der Waals surface area contributed by atoms with Crippen molar-refractivity contribution in [3.8, 4) is 0 Å². The van der Waals surface area contributed by atoms with E-state index in [0.717, 1.165) is 51.6 Å². The molecule has 36 heavy (non-hydrogen) atoms. The Balaban J connectivity index is 1.12. The third-order valence-corrected chi connectivity index (χ3v) is 9.04. The van der Waals surface area contributed by atoms with Crippen LogP contribution in [0.4, 0.5) is 4.79 Å². The number of likely N-dealkylation sites (N-methyl/N-ethyl adjacent to an activating group) is 1. The first-order valence-corrected chi connectivity index (χ1v) is 13.5. The Bertz CT molecular complexity index is 1260. The summed E-state index contributed by atoms with van der Waals surface area (Å²) in [4.78, 5) is 36.9. The summed E-state index contributed by atoms with van der Waals surface area (Å²) < 4.78 is 0. The number of H-pyrrole nitrogens is 1. The van der Waals surface area contributed by atoms with Crippen molar-refractivity contribution in [2.24, 2.45) is 0 Å². The predicted octanol–water partition coefficient (Wildman–Crippen LogP) is 4.78. The zero-order valence-corrected chi connectivity index (χ0v) is 21.4. The molecule has 188 valence electrons. The van der Waals surface area contributed by atoms with Gasteiger partial charge in [-0.05, 0) is 75.1 Å². The standard InChI is InChI=1S/C30H36N4O2/c1-3-33-29(36)34(25-18-22-8-4-5-9-23(22)19-25)28(35)30(33)14-16-32(17-15-30)21(2)12-13-24-20-31-27-11-7-6-10-26(24)27/h4-11,20-21,25,31H,3,12-19H2,1-2H3/t21-/m1/s1. The zero-order valence-electron chi connectivity index (χ0n) is 21.4. The molecule has 3 amide bonds. The largest absolute Gasteiger partial charge is 0.361 e. The average Bonchev–Trinajstić information content (AvgIpc) is 3.56. The molecule has 0 bridgehead atoms. The summed E-state index contributed by atoms with van der Waals surface area (Å²) in [6.07, 6.45) is 7.24. The van der Waals surface area contributed by atoms with Gasteiger partial charge >= 0.3 is 6.03 Å². The number of piperidine rings is 1. The number of carbonyl (C=O) groups excluding carboxylic acids is 2. The van der Waals surface area contributed by atoms with Crippen LogP contribution in [0.15, 0.2) is 54.7 Å². The molecule has 1 spiro atoms. The lowest BCUT2D eigenvalue weighted by Gasteiger charge is -2.43. The van der Waals surface area contributed by atoms with Crippen LogP contribution < -0.4 is 0 Å². The Morgan fingerprint density at radius 1 is 1.00 bits per heavy atom. The van der Waals surface area contributed by atoms with Crippen molar-refractivity contribution in [2.45, 2.75) is 70.0 Å². The third-order valence-electron chi connectivity index (χ3n) is 9.04. The van der Waals surface area contributed by atoms with E-state index < -0.39 is 5.54 Å². The fraction of sp³-hybridized carbons (Fsp3) is 0.467. The number of imide groups is 1. The number of hydrogen-bond donors (Lipinski definition) is 1. The zero-order chi connectivity index (χ0) is 24.9. The van der Waals surface area contributed by atoms with E-state index >= 15 is 0 Å². The second-order valence-electron chi connectivity index (χ2n) is 10.8. The maximum atomic E-state index is 13.9. The van der Waals surface area contributed by atoms with Gasteiger partial charge in [-0.15, -0.1) is 0 Å². The van der Waals surface area contributed by atoms with Gasteiger partial charge in [0, 0.05) is 48.8 Å². The highest BCUT2D eigenvalue weighted by Crippen LogP contribution is 2.40. The van der Waals surface area contributed by atoms with Gasteiger partial charge in [0.25, 0.3) is 5.91 Å². The summed E-state index contributed by atoms with van der Waals surface area (Å²) in [5, 5.41) is 1.31. The molecular formula is C30H36N4O2. The number of hydrogen-bond acceptors (Lipinski definition) is 3. The van der Waals surface area contributed by atoms with Gasteiger partial charge in [0.15, 0.2) is 0 Å². The quantitative estimate of drug-likeness (QED) is 0.513. The Morgan fingerprint density at radius 2 is 1.67 bits per heavy atom. The van der Waals surface area contributed by atoms with Crippen molar-refractivity contribution < 1.29 is 9.59 Å². The molecule has 6 rings (SSSR count). The van der Waals surface area contributed by atoms with Gasteiger partial charge in [-0.2, -0.15) is 0 Å². The topological polar surface area (TPSA) is 59.7 Å². The highest BCUT2D eigenvalue weighted by atomic mass is 16.2. The smallest absolute Gasteiger partial charge is 0.327 e. The van der Waals surface area contributed by atoms with Crippen molar-refractivity contribution in [1.82, 2.24) is 19.7 Å². The van der Waals surface area contributed by atoms with E-state index in [9.17, 15) is 9.59 Å². The van der Waals surface area contributed by atoms with Gasteiger partial charge in [-0.25, -0.2) is 4.79 Å². The summed E-state index contributed by atoms with van der Waals surface area (Å²) in [5.41, 5.74) is 4.43. The molecule has 3 aliphatic rings. The van der Waals surface area contributed by atoms with E-state index in [-0.39, 0.29) is 18.0 Å². The number of carbonyl (C=O) groups is 2. The molecule has 3 heterocycles. The van der Waals surface area contributed by atoms with Gasteiger partial charge in [0.1, 0.15) is 5.54 Å². The van der Waals surface area contributed by atoms with E-state index in [1.165, 1.54) is 27.6 Å². The number of benzene rings is 2. The minimum Gasteiger partial charge on any atom is -0.361 e. The maximum Gasteiger partial charge on any atom is 0.327 e. The normalized spacial score (nSPS) is 21.2. The molecule has 0 radical (unpaired) electrons. The molecule has 6 heteroatoms. The molecule has 6 nitrogen and oxygen atoms in total. The second kappa shape index (κ2) is 9.07. The SMILES string of the molecule is CCN1C(=O)N(C2Cc3ccccc3C2)C(=O)C12CCN([C@H](C)CCc1c[nH]c3ccccc13)CC2. The van der Waals surface area contributed by atoms with Crippen LogP contribution in [0.2, 0.25) is 0 Å². The van der Waals surface area contributed by atoms with Crippen LogP contribution in [0.5, 0.6) is 0 Å². The van der Waals surface area contributed by atoms with Gasteiger partial charge in [-0.1, -0.05) is 42.5 Å². The first kappa shape index (κ1) is 23.3. The van der Waals surface area contributed by atoms with Crippen LogP contribution in [-0.4, -0.2) is 68.9 Å². The van der Waals surface area contributed by atoms with E-state index in [1.54, 1.807) is 4.90 Å². The first-order chi connectivity index (χ1) is 17.5. The van der Waals surface area contributed by atoms with Crippen LogP contribution in [0.25, 0.3) is 10.9 Å². The van der Waals surface area contributed by atoms with Crippen LogP contribution >= 0.6 is 0 Å². The minimum atomic E-state index is -0.673. The van der Waals surface area contributed by atoms with Crippen molar-refractivity contribution >= 4 is 22.8 Å². The number of fused-ring (bicyclic) bond motifs is 2. The summed E-state index contributed by atoms with van der Waals surface area (Å²) in [5.74, 6) is 0.0400. The summed E-state index contributed by atoms with van der Waals surface area (Å²) in [7, 11) is 0. The number of urea groups is 1. The molecule has 1 aromatic heterocycles. The van der Waals surface area contributed by atoms with Crippen molar-refractivity contribution in [1.29, 1.82) is 0 Å². The molecular weight excluding hydrogens is 448 g/mol. The van der Waals surface area contributed by atoms with Gasteiger partial charge in [0.05, 0.1) is 0 Å².